The van der Waals surface area contributed by atoms with Crippen molar-refractivity contribution in [2.45, 2.75) is 32.0 Å². The first-order valence-electron chi connectivity index (χ1n) is 11.2. The van der Waals surface area contributed by atoms with E-state index in [-0.39, 0.29) is 11.3 Å². The van der Waals surface area contributed by atoms with Crippen molar-refractivity contribution >= 4 is 28.4 Å². The highest BCUT2D eigenvalue weighted by atomic mass is 35.5. The molecule has 33 heavy (non-hydrogen) atoms. The van der Waals surface area contributed by atoms with E-state index in [4.69, 9.17) is 11.6 Å². The highest BCUT2D eigenvalue weighted by Crippen LogP contribution is 2.41. The van der Waals surface area contributed by atoms with Crippen LogP contribution in [-0.2, 0) is 12.7 Å². The van der Waals surface area contributed by atoms with Crippen molar-refractivity contribution < 1.29 is 18.0 Å². The van der Waals surface area contributed by atoms with Gasteiger partial charge in [0.1, 0.15) is 5.69 Å². The predicted octanol–water partition coefficient (Wildman–Crippen LogP) is 5.97. The molecule has 3 heterocycles. The quantitative estimate of drug-likeness (QED) is 0.507. The minimum Gasteiger partial charge on any atom is -0.351 e. The van der Waals surface area contributed by atoms with Crippen LogP contribution in [0.1, 0.15) is 40.9 Å². The Morgan fingerprint density at radius 3 is 2.39 bits per heavy atom. The molecule has 2 aromatic carbocycles. The molecule has 5 rings (SSSR count). The number of hydrogen-bond acceptors (Lipinski definition) is 2. The standard InChI is InChI=1S/C25H25ClF3N3O/c26-20-5-6-21-18(13-20)14-22(30-21)23(33)32-11-8-24(9-12-32)7-10-31(16-24)15-17-1-3-19(4-2-17)25(27,28)29/h1-6,13-14,30H,7-12,15-16H2. The zero-order chi connectivity index (χ0) is 23.2. The van der Waals surface area contributed by atoms with E-state index in [0.717, 1.165) is 61.0 Å². The van der Waals surface area contributed by atoms with Crippen LogP contribution in [0.4, 0.5) is 13.2 Å². The fraction of sp³-hybridized carbons (Fsp3) is 0.400. The number of benzene rings is 2. The largest absolute Gasteiger partial charge is 0.416 e. The number of halogens is 4. The number of aromatic nitrogens is 1. The second-order valence-electron chi connectivity index (χ2n) is 9.36. The molecule has 0 radical (unpaired) electrons. The number of carbonyl (C=O) groups excluding carboxylic acids is 1. The molecule has 0 bridgehead atoms. The third-order valence-corrected chi connectivity index (χ3v) is 7.36. The zero-order valence-electron chi connectivity index (χ0n) is 18.1. The number of aromatic amines is 1. The number of likely N-dealkylation sites (tertiary alicyclic amines) is 2. The summed E-state index contributed by atoms with van der Waals surface area (Å²) in [7, 11) is 0. The molecule has 2 aliphatic heterocycles. The molecule has 8 heteroatoms. The van der Waals surface area contributed by atoms with Crippen LogP contribution in [-0.4, -0.2) is 46.9 Å². The first kappa shape index (κ1) is 22.3. The first-order valence-corrected chi connectivity index (χ1v) is 11.5. The molecule has 2 fully saturated rings. The van der Waals surface area contributed by atoms with Gasteiger partial charge in [-0.2, -0.15) is 13.2 Å². The maximum Gasteiger partial charge on any atom is 0.416 e. The van der Waals surface area contributed by atoms with Crippen LogP contribution < -0.4 is 0 Å². The van der Waals surface area contributed by atoms with Gasteiger partial charge >= 0.3 is 6.18 Å². The number of fused-ring (bicyclic) bond motifs is 1. The van der Waals surface area contributed by atoms with Gasteiger partial charge in [-0.15, -0.1) is 0 Å². The molecule has 2 saturated heterocycles. The van der Waals surface area contributed by atoms with Crippen LogP contribution in [0, 0.1) is 5.41 Å². The van der Waals surface area contributed by atoms with Gasteiger partial charge in [-0.3, -0.25) is 9.69 Å². The maximum absolute atomic E-state index is 13.0. The lowest BCUT2D eigenvalue weighted by Crippen LogP contribution is -2.44. The molecule has 174 valence electrons. The number of amides is 1. The van der Waals surface area contributed by atoms with E-state index in [0.29, 0.717) is 30.4 Å². The van der Waals surface area contributed by atoms with Gasteiger partial charge < -0.3 is 9.88 Å². The molecule has 4 nitrogen and oxygen atoms in total. The summed E-state index contributed by atoms with van der Waals surface area (Å²) in [5.74, 6) is 0.0109. The summed E-state index contributed by atoms with van der Waals surface area (Å²) in [4.78, 5) is 20.5. The lowest BCUT2D eigenvalue weighted by atomic mass is 9.77. The van der Waals surface area contributed by atoms with E-state index < -0.39 is 11.7 Å². The third-order valence-electron chi connectivity index (χ3n) is 7.13. The molecule has 0 aliphatic carbocycles. The van der Waals surface area contributed by atoms with E-state index in [9.17, 15) is 18.0 Å². The molecule has 0 unspecified atom stereocenters. The molecular weight excluding hydrogens is 451 g/mol. The van der Waals surface area contributed by atoms with E-state index >= 15 is 0 Å². The Morgan fingerprint density at radius 1 is 1.00 bits per heavy atom. The molecule has 1 amide bonds. The Labute approximate surface area is 195 Å². The number of nitrogens with one attached hydrogen (secondary N) is 1. The van der Waals surface area contributed by atoms with E-state index in [2.05, 4.69) is 9.88 Å². The van der Waals surface area contributed by atoms with Crippen molar-refractivity contribution in [2.75, 3.05) is 26.2 Å². The Bertz CT molecular complexity index is 1160. The van der Waals surface area contributed by atoms with Gasteiger partial charge in [0, 0.05) is 42.1 Å². The van der Waals surface area contributed by atoms with Gasteiger partial charge in [0.25, 0.3) is 5.91 Å². The summed E-state index contributed by atoms with van der Waals surface area (Å²) in [6.07, 6.45) is -1.37. The SMILES string of the molecule is O=C(c1cc2cc(Cl)ccc2[nH]1)N1CCC2(CCN(Cc3ccc(C(F)(F)F)cc3)C2)CC1. The predicted molar refractivity (Wildman–Crippen MR) is 122 cm³/mol. The van der Waals surface area contributed by atoms with Crippen molar-refractivity contribution in [2.24, 2.45) is 5.41 Å². The Hall–Kier alpha value is -2.51. The number of rotatable bonds is 3. The zero-order valence-corrected chi connectivity index (χ0v) is 18.8. The summed E-state index contributed by atoms with van der Waals surface area (Å²) in [6, 6.07) is 12.8. The Kier molecular flexibility index (Phi) is 5.65. The second-order valence-corrected chi connectivity index (χ2v) is 9.80. The highest BCUT2D eigenvalue weighted by molar-refractivity contribution is 6.31. The van der Waals surface area contributed by atoms with Crippen molar-refractivity contribution in [3.05, 3.63) is 70.4 Å². The molecule has 0 saturated carbocycles. The minimum atomic E-state index is -4.30. The van der Waals surface area contributed by atoms with Crippen LogP contribution >= 0.6 is 11.6 Å². The van der Waals surface area contributed by atoms with Crippen molar-refractivity contribution in [1.29, 1.82) is 0 Å². The topological polar surface area (TPSA) is 39.3 Å². The molecule has 1 spiro atoms. The Morgan fingerprint density at radius 2 is 1.70 bits per heavy atom. The van der Waals surface area contributed by atoms with Crippen molar-refractivity contribution in [1.82, 2.24) is 14.8 Å². The summed E-state index contributed by atoms with van der Waals surface area (Å²) >= 11 is 6.05. The Balaban J connectivity index is 1.18. The number of piperidine rings is 1. The van der Waals surface area contributed by atoms with Gasteiger partial charge in [0.2, 0.25) is 0 Å². The number of carbonyl (C=O) groups is 1. The normalized spacial score (nSPS) is 19.0. The average molecular weight is 476 g/mol. The number of H-pyrrole nitrogens is 1. The van der Waals surface area contributed by atoms with Gasteiger partial charge in [-0.1, -0.05) is 23.7 Å². The van der Waals surface area contributed by atoms with Crippen LogP contribution in [0.3, 0.4) is 0 Å². The minimum absolute atomic E-state index is 0.0109. The van der Waals surface area contributed by atoms with Gasteiger partial charge in [-0.25, -0.2) is 0 Å². The molecule has 0 atom stereocenters. The van der Waals surface area contributed by atoms with E-state index in [1.165, 1.54) is 0 Å². The summed E-state index contributed by atoms with van der Waals surface area (Å²) < 4.78 is 38.4. The monoisotopic (exact) mass is 475 g/mol. The number of nitrogens with zero attached hydrogens (tertiary/aromatic N) is 2. The van der Waals surface area contributed by atoms with Crippen LogP contribution in [0.15, 0.2) is 48.5 Å². The summed E-state index contributed by atoms with van der Waals surface area (Å²) in [5.41, 5.74) is 1.94. The molecule has 1 N–H and O–H groups in total. The molecule has 1 aromatic heterocycles. The van der Waals surface area contributed by atoms with Crippen molar-refractivity contribution in [3.8, 4) is 0 Å². The van der Waals surface area contributed by atoms with Gasteiger partial charge in [-0.05, 0) is 73.2 Å². The maximum atomic E-state index is 13.0. The smallest absolute Gasteiger partial charge is 0.351 e. The van der Waals surface area contributed by atoms with Crippen molar-refractivity contribution in [3.63, 3.8) is 0 Å². The summed E-state index contributed by atoms with van der Waals surface area (Å²) in [5, 5.41) is 1.57. The van der Waals surface area contributed by atoms with E-state index in [1.54, 1.807) is 18.2 Å². The van der Waals surface area contributed by atoms with Crippen LogP contribution in [0.2, 0.25) is 5.02 Å². The fourth-order valence-corrected chi connectivity index (χ4v) is 5.38. The summed E-state index contributed by atoms with van der Waals surface area (Å²) in [6.45, 7) is 3.92. The average Bonchev–Trinajstić information content (AvgIpc) is 3.37. The number of alkyl halides is 3. The lowest BCUT2D eigenvalue weighted by molar-refractivity contribution is -0.137. The van der Waals surface area contributed by atoms with Crippen LogP contribution in [0.5, 0.6) is 0 Å². The molecular formula is C25H25ClF3N3O. The van der Waals surface area contributed by atoms with Gasteiger partial charge in [0.15, 0.2) is 0 Å². The second kappa shape index (κ2) is 8.37. The van der Waals surface area contributed by atoms with E-state index in [1.807, 2.05) is 23.1 Å². The third kappa shape index (κ3) is 4.62. The lowest BCUT2D eigenvalue weighted by Gasteiger charge is -2.39. The van der Waals surface area contributed by atoms with Gasteiger partial charge in [0.05, 0.1) is 5.56 Å². The number of hydrogen-bond donors (Lipinski definition) is 1. The fourth-order valence-electron chi connectivity index (χ4n) is 5.20. The first-order chi connectivity index (χ1) is 15.7. The van der Waals surface area contributed by atoms with Crippen LogP contribution in [0.25, 0.3) is 10.9 Å². The molecule has 2 aliphatic rings. The molecule has 3 aromatic rings. The highest BCUT2D eigenvalue weighted by Gasteiger charge is 2.41.